The molecule has 1 aromatic heterocycles. The number of imidazole rings is 1. The van der Waals surface area contributed by atoms with Gasteiger partial charge >= 0.3 is 6.03 Å². The Labute approximate surface area is 146 Å². The first-order chi connectivity index (χ1) is 12.2. The normalized spacial score (nSPS) is 10.3. The Kier molecular flexibility index (Phi) is 5.31. The van der Waals surface area contributed by atoms with Crippen LogP contribution in [0, 0.1) is 0 Å². The maximum Gasteiger partial charge on any atom is 0.315 e. The highest BCUT2D eigenvalue weighted by Gasteiger charge is 2.02. The Bertz CT molecular complexity index is 796. The lowest BCUT2D eigenvalue weighted by Crippen LogP contribution is -2.34. The number of hydrogen-bond acceptors (Lipinski definition) is 3. The maximum atomic E-state index is 11.9. The van der Waals surface area contributed by atoms with Crippen molar-refractivity contribution in [3.63, 3.8) is 0 Å². The number of methoxy groups -OCH3 is 1. The molecule has 0 radical (unpaired) electrons. The SMILES string of the molecule is COc1ccc(CNC(=O)NCc2ccc(-n3ccnc3)cc2)cc1. The number of urea groups is 1. The minimum absolute atomic E-state index is 0.200. The third kappa shape index (κ3) is 4.60. The fourth-order valence-corrected chi connectivity index (χ4v) is 2.37. The van der Waals surface area contributed by atoms with Crippen LogP contribution in [0.25, 0.3) is 5.69 Å². The molecule has 0 atom stereocenters. The van der Waals surface area contributed by atoms with E-state index in [0.29, 0.717) is 13.1 Å². The van der Waals surface area contributed by atoms with Crippen LogP contribution in [-0.2, 0) is 13.1 Å². The van der Waals surface area contributed by atoms with Crippen LogP contribution in [0.5, 0.6) is 5.75 Å². The van der Waals surface area contributed by atoms with Crippen LogP contribution in [0.2, 0.25) is 0 Å². The number of benzene rings is 2. The van der Waals surface area contributed by atoms with Gasteiger partial charge in [0.15, 0.2) is 0 Å². The number of carbonyl (C=O) groups excluding carboxylic acids is 1. The molecule has 0 aliphatic heterocycles. The summed E-state index contributed by atoms with van der Waals surface area (Å²) >= 11 is 0. The Morgan fingerprint density at radius 3 is 2.12 bits per heavy atom. The average molecular weight is 336 g/mol. The van der Waals surface area contributed by atoms with E-state index in [1.165, 1.54) is 0 Å². The molecule has 1 heterocycles. The number of ether oxygens (including phenoxy) is 1. The zero-order chi connectivity index (χ0) is 17.5. The second-order valence-electron chi connectivity index (χ2n) is 5.52. The predicted octanol–water partition coefficient (Wildman–Crippen LogP) is 2.88. The fraction of sp³-hybridized carbons (Fsp3) is 0.158. The van der Waals surface area contributed by atoms with Crippen molar-refractivity contribution in [2.45, 2.75) is 13.1 Å². The summed E-state index contributed by atoms with van der Waals surface area (Å²) in [6, 6.07) is 15.4. The van der Waals surface area contributed by atoms with Crippen molar-refractivity contribution in [1.82, 2.24) is 20.2 Å². The summed E-state index contributed by atoms with van der Waals surface area (Å²) in [6.45, 7) is 0.939. The molecule has 6 nitrogen and oxygen atoms in total. The number of hydrogen-bond donors (Lipinski definition) is 2. The van der Waals surface area contributed by atoms with Crippen molar-refractivity contribution in [3.05, 3.63) is 78.4 Å². The molecule has 0 bridgehead atoms. The summed E-state index contributed by atoms with van der Waals surface area (Å²) in [5.41, 5.74) is 3.08. The second-order valence-corrected chi connectivity index (χ2v) is 5.52. The first-order valence-electron chi connectivity index (χ1n) is 7.96. The van der Waals surface area contributed by atoms with Gasteiger partial charge in [-0.3, -0.25) is 0 Å². The van der Waals surface area contributed by atoms with Gasteiger partial charge in [-0.05, 0) is 35.4 Å². The summed E-state index contributed by atoms with van der Waals surface area (Å²) in [7, 11) is 1.63. The lowest BCUT2D eigenvalue weighted by Gasteiger charge is -2.09. The van der Waals surface area contributed by atoms with Gasteiger partial charge in [0.05, 0.1) is 13.4 Å². The number of rotatable bonds is 6. The van der Waals surface area contributed by atoms with E-state index < -0.39 is 0 Å². The lowest BCUT2D eigenvalue weighted by molar-refractivity contribution is 0.240. The van der Waals surface area contributed by atoms with Gasteiger partial charge in [0.25, 0.3) is 0 Å². The zero-order valence-corrected chi connectivity index (χ0v) is 14.0. The van der Waals surface area contributed by atoms with E-state index in [9.17, 15) is 4.79 Å². The molecule has 2 N–H and O–H groups in total. The van der Waals surface area contributed by atoms with Crippen molar-refractivity contribution < 1.29 is 9.53 Å². The lowest BCUT2D eigenvalue weighted by atomic mass is 10.2. The molecule has 0 spiro atoms. The molecule has 0 unspecified atom stereocenters. The van der Waals surface area contributed by atoms with Crippen LogP contribution in [0.1, 0.15) is 11.1 Å². The van der Waals surface area contributed by atoms with Crippen LogP contribution in [0.4, 0.5) is 4.79 Å². The number of nitrogens with one attached hydrogen (secondary N) is 2. The molecule has 0 aliphatic rings. The molecule has 128 valence electrons. The zero-order valence-electron chi connectivity index (χ0n) is 14.0. The monoisotopic (exact) mass is 336 g/mol. The highest BCUT2D eigenvalue weighted by atomic mass is 16.5. The molecule has 2 aromatic carbocycles. The average Bonchev–Trinajstić information content (AvgIpc) is 3.20. The van der Waals surface area contributed by atoms with Crippen molar-refractivity contribution in [2.75, 3.05) is 7.11 Å². The molecule has 25 heavy (non-hydrogen) atoms. The Balaban J connectivity index is 1.45. The van der Waals surface area contributed by atoms with Gasteiger partial charge in [-0.1, -0.05) is 24.3 Å². The van der Waals surface area contributed by atoms with Gasteiger partial charge in [-0.25, -0.2) is 9.78 Å². The van der Waals surface area contributed by atoms with Crippen LogP contribution in [-0.4, -0.2) is 22.7 Å². The highest BCUT2D eigenvalue weighted by molar-refractivity contribution is 5.73. The smallest absolute Gasteiger partial charge is 0.315 e. The summed E-state index contributed by atoms with van der Waals surface area (Å²) < 4.78 is 7.04. The van der Waals surface area contributed by atoms with Gasteiger partial charge < -0.3 is 19.9 Å². The second kappa shape index (κ2) is 8.01. The van der Waals surface area contributed by atoms with Gasteiger partial charge in [-0.15, -0.1) is 0 Å². The van der Waals surface area contributed by atoms with Gasteiger partial charge in [0, 0.05) is 31.2 Å². The highest BCUT2D eigenvalue weighted by Crippen LogP contribution is 2.11. The molecular weight excluding hydrogens is 316 g/mol. The fourth-order valence-electron chi connectivity index (χ4n) is 2.37. The first kappa shape index (κ1) is 16.6. The van der Waals surface area contributed by atoms with Crippen molar-refractivity contribution in [3.8, 4) is 11.4 Å². The summed E-state index contributed by atoms with van der Waals surface area (Å²) in [6.07, 6.45) is 5.38. The van der Waals surface area contributed by atoms with Crippen LogP contribution in [0.15, 0.2) is 67.3 Å². The van der Waals surface area contributed by atoms with E-state index in [0.717, 1.165) is 22.6 Å². The van der Waals surface area contributed by atoms with Crippen LogP contribution in [0.3, 0.4) is 0 Å². The van der Waals surface area contributed by atoms with E-state index in [-0.39, 0.29) is 6.03 Å². The molecule has 0 aliphatic carbocycles. The summed E-state index contributed by atoms with van der Waals surface area (Å²) in [4.78, 5) is 15.9. The van der Waals surface area contributed by atoms with Gasteiger partial charge in [0.1, 0.15) is 5.75 Å². The minimum Gasteiger partial charge on any atom is -0.497 e. The van der Waals surface area contributed by atoms with Crippen LogP contribution < -0.4 is 15.4 Å². The predicted molar refractivity (Wildman–Crippen MR) is 95.6 cm³/mol. The molecular formula is C19H20N4O2. The third-order valence-corrected chi connectivity index (χ3v) is 3.80. The van der Waals surface area contributed by atoms with Crippen molar-refractivity contribution >= 4 is 6.03 Å². The van der Waals surface area contributed by atoms with E-state index in [1.54, 1.807) is 19.6 Å². The molecule has 2 amide bonds. The molecule has 0 saturated carbocycles. The van der Waals surface area contributed by atoms with Gasteiger partial charge in [-0.2, -0.15) is 0 Å². The largest absolute Gasteiger partial charge is 0.497 e. The molecule has 0 saturated heterocycles. The van der Waals surface area contributed by atoms with Crippen LogP contribution >= 0.6 is 0 Å². The van der Waals surface area contributed by atoms with E-state index in [4.69, 9.17) is 4.74 Å². The summed E-state index contributed by atoms with van der Waals surface area (Å²) in [5, 5.41) is 5.69. The Morgan fingerprint density at radius 2 is 1.60 bits per heavy atom. The Morgan fingerprint density at radius 1 is 1.00 bits per heavy atom. The minimum atomic E-state index is -0.200. The summed E-state index contributed by atoms with van der Waals surface area (Å²) in [5.74, 6) is 0.798. The molecule has 6 heteroatoms. The number of amides is 2. The topological polar surface area (TPSA) is 68.2 Å². The Hall–Kier alpha value is -3.28. The van der Waals surface area contributed by atoms with Crippen molar-refractivity contribution in [1.29, 1.82) is 0 Å². The maximum absolute atomic E-state index is 11.9. The number of aromatic nitrogens is 2. The molecule has 0 fully saturated rings. The number of nitrogens with zero attached hydrogens (tertiary/aromatic N) is 2. The van der Waals surface area contributed by atoms with E-state index in [2.05, 4.69) is 15.6 Å². The van der Waals surface area contributed by atoms with E-state index >= 15 is 0 Å². The quantitative estimate of drug-likeness (QED) is 0.727. The number of carbonyl (C=O) groups is 1. The standard InChI is InChI=1S/C19H20N4O2/c1-25-18-8-4-16(5-9-18)13-22-19(24)21-12-15-2-6-17(7-3-15)23-11-10-20-14-23/h2-11,14H,12-13H2,1H3,(H2,21,22,24). The first-order valence-corrected chi connectivity index (χ1v) is 7.96. The van der Waals surface area contributed by atoms with Crippen molar-refractivity contribution in [2.24, 2.45) is 0 Å². The molecule has 3 rings (SSSR count). The van der Waals surface area contributed by atoms with Gasteiger partial charge in [0.2, 0.25) is 0 Å². The van der Waals surface area contributed by atoms with E-state index in [1.807, 2.05) is 59.3 Å². The third-order valence-electron chi connectivity index (χ3n) is 3.80. The molecule has 3 aromatic rings.